The average Bonchev–Trinajstić information content (AvgIpc) is 2.57. The molecule has 0 unspecified atom stereocenters. The fraction of sp³-hybridized carbons (Fsp3) is 0.250. The average molecular weight is 202 g/mol. The van der Waals surface area contributed by atoms with Crippen molar-refractivity contribution in [1.82, 2.24) is 9.78 Å². The van der Waals surface area contributed by atoms with Crippen molar-refractivity contribution in [3.8, 4) is 5.88 Å². The van der Waals surface area contributed by atoms with Crippen LogP contribution >= 0.6 is 0 Å². The predicted octanol–water partition coefficient (Wildman–Crippen LogP) is 2.31. The van der Waals surface area contributed by atoms with Gasteiger partial charge in [0.1, 0.15) is 6.61 Å². The maximum atomic E-state index is 5.56. The third-order valence-corrected chi connectivity index (χ3v) is 2.32. The Morgan fingerprint density at radius 2 is 2.00 bits per heavy atom. The highest BCUT2D eigenvalue weighted by atomic mass is 16.5. The van der Waals surface area contributed by atoms with Crippen LogP contribution < -0.4 is 4.74 Å². The summed E-state index contributed by atoms with van der Waals surface area (Å²) in [5.74, 6) is 0.679. The largest absolute Gasteiger partial charge is 0.472 e. The molecule has 1 aromatic carbocycles. The van der Waals surface area contributed by atoms with Crippen molar-refractivity contribution in [3.05, 3.63) is 47.7 Å². The molecule has 0 aliphatic heterocycles. The Bertz CT molecular complexity index is 415. The second kappa shape index (κ2) is 4.17. The van der Waals surface area contributed by atoms with Crippen molar-refractivity contribution in [1.29, 1.82) is 0 Å². The minimum atomic E-state index is 0.567. The second-order valence-electron chi connectivity index (χ2n) is 3.52. The van der Waals surface area contributed by atoms with E-state index in [-0.39, 0.29) is 0 Å². The molecule has 0 aliphatic carbocycles. The number of rotatable bonds is 3. The Labute approximate surface area is 89.3 Å². The van der Waals surface area contributed by atoms with Crippen LogP contribution in [0.3, 0.4) is 0 Å². The lowest BCUT2D eigenvalue weighted by molar-refractivity contribution is 0.291. The van der Waals surface area contributed by atoms with Crippen LogP contribution in [0.1, 0.15) is 11.3 Å². The summed E-state index contributed by atoms with van der Waals surface area (Å²) in [6.07, 6.45) is 0. The smallest absolute Gasteiger partial charge is 0.233 e. The van der Waals surface area contributed by atoms with Gasteiger partial charge < -0.3 is 4.74 Å². The topological polar surface area (TPSA) is 27.1 Å². The molecule has 0 atom stereocenters. The first kappa shape index (κ1) is 9.77. The molecule has 0 bridgehead atoms. The lowest BCUT2D eigenvalue weighted by Crippen LogP contribution is -1.97. The van der Waals surface area contributed by atoms with E-state index < -0.39 is 0 Å². The summed E-state index contributed by atoms with van der Waals surface area (Å²) in [4.78, 5) is 0. The summed E-state index contributed by atoms with van der Waals surface area (Å²) < 4.78 is 7.37. The van der Waals surface area contributed by atoms with Crippen LogP contribution in [0.2, 0.25) is 0 Å². The highest BCUT2D eigenvalue weighted by Gasteiger charge is 2.01. The van der Waals surface area contributed by atoms with Crippen LogP contribution in [0.4, 0.5) is 0 Å². The number of hydrogen-bond donors (Lipinski definition) is 0. The molecule has 15 heavy (non-hydrogen) atoms. The quantitative estimate of drug-likeness (QED) is 0.763. The van der Waals surface area contributed by atoms with Gasteiger partial charge in [-0.15, -0.1) is 5.10 Å². The molecule has 0 amide bonds. The molecular weight excluding hydrogens is 188 g/mol. The van der Waals surface area contributed by atoms with Gasteiger partial charge in [-0.1, -0.05) is 30.3 Å². The summed E-state index contributed by atoms with van der Waals surface area (Å²) in [7, 11) is 1.91. The Morgan fingerprint density at radius 1 is 1.27 bits per heavy atom. The summed E-state index contributed by atoms with van der Waals surface area (Å²) in [5.41, 5.74) is 2.25. The lowest BCUT2D eigenvalue weighted by atomic mass is 10.2. The maximum Gasteiger partial charge on any atom is 0.233 e. The number of aryl methyl sites for hydroxylation is 2. The normalized spacial score (nSPS) is 10.3. The Kier molecular flexibility index (Phi) is 2.72. The molecule has 78 valence electrons. The van der Waals surface area contributed by atoms with Crippen LogP contribution in [-0.4, -0.2) is 9.78 Å². The molecule has 0 spiro atoms. The Hall–Kier alpha value is -1.77. The van der Waals surface area contributed by atoms with E-state index in [1.54, 1.807) is 4.68 Å². The van der Waals surface area contributed by atoms with E-state index in [9.17, 15) is 0 Å². The molecule has 1 heterocycles. The molecule has 0 saturated heterocycles. The third kappa shape index (κ3) is 2.37. The van der Waals surface area contributed by atoms with Crippen LogP contribution in [0.15, 0.2) is 36.4 Å². The fourth-order valence-corrected chi connectivity index (χ4v) is 1.33. The minimum Gasteiger partial charge on any atom is -0.472 e. The van der Waals surface area contributed by atoms with Gasteiger partial charge in [-0.3, -0.25) is 4.68 Å². The number of ether oxygens (including phenoxy) is 1. The summed E-state index contributed by atoms with van der Waals surface area (Å²) >= 11 is 0. The molecule has 2 aromatic rings. The third-order valence-electron chi connectivity index (χ3n) is 2.32. The van der Waals surface area contributed by atoms with E-state index in [0.717, 1.165) is 11.3 Å². The standard InChI is InChI=1S/C12H14N2O/c1-10-8-12(13-14(10)2)15-9-11-6-4-3-5-7-11/h3-8H,9H2,1-2H3. The number of aromatic nitrogens is 2. The van der Waals surface area contributed by atoms with E-state index in [2.05, 4.69) is 5.10 Å². The summed E-state index contributed by atoms with van der Waals surface area (Å²) in [6, 6.07) is 12.0. The van der Waals surface area contributed by atoms with Crippen molar-refractivity contribution >= 4 is 0 Å². The molecule has 2 rings (SSSR count). The van der Waals surface area contributed by atoms with Gasteiger partial charge in [0, 0.05) is 18.8 Å². The van der Waals surface area contributed by atoms with Crippen molar-refractivity contribution < 1.29 is 4.74 Å². The van der Waals surface area contributed by atoms with Crippen molar-refractivity contribution in [2.45, 2.75) is 13.5 Å². The first-order valence-electron chi connectivity index (χ1n) is 4.93. The molecule has 0 aliphatic rings. The molecule has 1 aromatic heterocycles. The molecule has 0 radical (unpaired) electrons. The Morgan fingerprint density at radius 3 is 2.60 bits per heavy atom. The van der Waals surface area contributed by atoms with Gasteiger partial charge >= 0.3 is 0 Å². The van der Waals surface area contributed by atoms with Gasteiger partial charge in [-0.2, -0.15) is 0 Å². The first-order chi connectivity index (χ1) is 7.25. The maximum absolute atomic E-state index is 5.56. The van der Waals surface area contributed by atoms with Crippen LogP contribution in [0, 0.1) is 6.92 Å². The Balaban J connectivity index is 1.99. The van der Waals surface area contributed by atoms with E-state index in [1.807, 2.05) is 50.4 Å². The van der Waals surface area contributed by atoms with Gasteiger partial charge in [0.2, 0.25) is 5.88 Å². The van der Waals surface area contributed by atoms with E-state index in [4.69, 9.17) is 4.74 Å². The summed E-state index contributed by atoms with van der Waals surface area (Å²) in [5, 5.41) is 4.22. The van der Waals surface area contributed by atoms with Crippen molar-refractivity contribution in [2.24, 2.45) is 7.05 Å². The first-order valence-corrected chi connectivity index (χ1v) is 4.93. The SMILES string of the molecule is Cc1cc(OCc2ccccc2)nn1C. The van der Waals surface area contributed by atoms with Gasteiger partial charge in [0.25, 0.3) is 0 Å². The van der Waals surface area contributed by atoms with E-state index in [1.165, 1.54) is 0 Å². The minimum absolute atomic E-state index is 0.567. The zero-order valence-electron chi connectivity index (χ0n) is 8.97. The van der Waals surface area contributed by atoms with E-state index >= 15 is 0 Å². The van der Waals surface area contributed by atoms with Gasteiger partial charge in [0.05, 0.1) is 0 Å². The molecule has 0 fully saturated rings. The van der Waals surface area contributed by atoms with Crippen molar-refractivity contribution in [2.75, 3.05) is 0 Å². The highest BCUT2D eigenvalue weighted by Crippen LogP contribution is 2.11. The zero-order chi connectivity index (χ0) is 10.7. The van der Waals surface area contributed by atoms with E-state index in [0.29, 0.717) is 12.5 Å². The molecule has 3 nitrogen and oxygen atoms in total. The molecule has 0 N–H and O–H groups in total. The van der Waals surface area contributed by atoms with Crippen LogP contribution in [-0.2, 0) is 13.7 Å². The fourth-order valence-electron chi connectivity index (χ4n) is 1.33. The summed E-state index contributed by atoms with van der Waals surface area (Å²) in [6.45, 7) is 2.57. The number of benzene rings is 1. The number of hydrogen-bond acceptors (Lipinski definition) is 2. The molecule has 0 saturated carbocycles. The van der Waals surface area contributed by atoms with Gasteiger partial charge in [-0.05, 0) is 12.5 Å². The molecule has 3 heteroatoms. The highest BCUT2D eigenvalue weighted by molar-refractivity contribution is 5.17. The second-order valence-corrected chi connectivity index (χ2v) is 3.52. The van der Waals surface area contributed by atoms with Crippen LogP contribution in [0.25, 0.3) is 0 Å². The zero-order valence-corrected chi connectivity index (χ0v) is 8.97. The number of nitrogens with zero attached hydrogens (tertiary/aromatic N) is 2. The van der Waals surface area contributed by atoms with Crippen molar-refractivity contribution in [3.63, 3.8) is 0 Å². The van der Waals surface area contributed by atoms with Crippen LogP contribution in [0.5, 0.6) is 5.88 Å². The van der Waals surface area contributed by atoms with Gasteiger partial charge in [0.15, 0.2) is 0 Å². The lowest BCUT2D eigenvalue weighted by Gasteiger charge is -2.01. The molecular formula is C12H14N2O. The monoisotopic (exact) mass is 202 g/mol. The predicted molar refractivity (Wildman–Crippen MR) is 58.7 cm³/mol. The van der Waals surface area contributed by atoms with Gasteiger partial charge in [-0.25, -0.2) is 0 Å².